The third-order valence-corrected chi connectivity index (χ3v) is 9.03. The quantitative estimate of drug-likeness (QED) is 0.0471. The predicted octanol–water partition coefficient (Wildman–Crippen LogP) is 1.56. The number of allylic oxidation sites excluding steroid dienone is 2. The molecule has 2 aliphatic heterocycles. The first kappa shape index (κ1) is 36.5. The van der Waals surface area contributed by atoms with Gasteiger partial charge in [0, 0.05) is 23.3 Å². The number of aliphatic hydroxyl groups is 2. The Kier molecular flexibility index (Phi) is 11.4. The zero-order valence-corrected chi connectivity index (χ0v) is 27.9. The third kappa shape index (κ3) is 8.41. The van der Waals surface area contributed by atoms with Crippen LogP contribution in [0.5, 0.6) is 0 Å². The zero-order valence-electron chi connectivity index (χ0n) is 26.3. The SMILES string of the molecule is CCCCON=C1CC(O)=C(O)C=C1C(=O)NCC1=C(OC(=O)O)N2C(=O)C(NC(=O)/C(=N\OC(C)(C)C(=O)O)c3csc(N)n3)[C@@H]2SC1. The van der Waals surface area contributed by atoms with E-state index in [0.717, 1.165) is 40.5 Å². The van der Waals surface area contributed by atoms with E-state index < -0.39 is 64.1 Å². The summed E-state index contributed by atoms with van der Waals surface area (Å²) >= 11 is 2.11. The normalized spacial score (nSPS) is 20.3. The zero-order chi connectivity index (χ0) is 36.0. The molecular weight excluding hydrogens is 690 g/mol. The van der Waals surface area contributed by atoms with E-state index in [1.54, 1.807) is 0 Å². The number of hydrogen-bond acceptors (Lipinski definition) is 16. The van der Waals surface area contributed by atoms with Gasteiger partial charge >= 0.3 is 12.1 Å². The fraction of sp³-hybridized carbons (Fsp3) is 0.429. The smallest absolute Gasteiger partial charge is 0.508 e. The van der Waals surface area contributed by atoms with Gasteiger partial charge in [0.05, 0.1) is 12.0 Å². The number of nitrogen functional groups attached to an aromatic ring is 1. The maximum atomic E-state index is 13.3. The number of aromatic nitrogens is 1. The van der Waals surface area contributed by atoms with Crippen molar-refractivity contribution >= 4 is 69.5 Å². The number of nitrogens with one attached hydrogen (secondary N) is 2. The Bertz CT molecular complexity index is 1700. The van der Waals surface area contributed by atoms with E-state index in [2.05, 4.69) is 25.9 Å². The second kappa shape index (κ2) is 15.3. The van der Waals surface area contributed by atoms with Crippen LogP contribution < -0.4 is 16.4 Å². The van der Waals surface area contributed by atoms with Crippen molar-refractivity contribution in [1.82, 2.24) is 20.5 Å². The molecule has 1 saturated heterocycles. The number of amides is 3. The number of rotatable bonds is 14. The number of carbonyl (C=O) groups is 5. The number of carboxylic acids is 1. The summed E-state index contributed by atoms with van der Waals surface area (Å²) in [6.45, 7) is 4.34. The molecule has 0 bridgehead atoms. The van der Waals surface area contributed by atoms with Crippen LogP contribution >= 0.6 is 23.1 Å². The van der Waals surface area contributed by atoms with Gasteiger partial charge in [0.2, 0.25) is 11.5 Å². The fourth-order valence-corrected chi connectivity index (χ4v) is 6.15. The number of thiazole rings is 1. The second-order valence-electron chi connectivity index (χ2n) is 11.0. The highest BCUT2D eigenvalue weighted by atomic mass is 32.2. The first-order chi connectivity index (χ1) is 23.1. The van der Waals surface area contributed by atoms with Crippen molar-refractivity contribution in [3.8, 4) is 0 Å². The Balaban J connectivity index is 1.51. The molecule has 49 heavy (non-hydrogen) atoms. The molecule has 3 aliphatic rings. The van der Waals surface area contributed by atoms with Crippen LogP contribution in [0.3, 0.4) is 0 Å². The van der Waals surface area contributed by atoms with Gasteiger partial charge in [-0.1, -0.05) is 23.7 Å². The molecule has 19 nitrogen and oxygen atoms in total. The summed E-state index contributed by atoms with van der Waals surface area (Å²) in [5.41, 5.74) is 3.52. The highest BCUT2D eigenvalue weighted by molar-refractivity contribution is 8.00. The van der Waals surface area contributed by atoms with E-state index in [-0.39, 0.29) is 58.9 Å². The number of nitrogens with two attached hydrogens (primary N) is 1. The molecular formula is C28H33N7O12S2. The molecule has 0 aromatic carbocycles. The van der Waals surface area contributed by atoms with Crippen molar-refractivity contribution < 1.29 is 58.8 Å². The highest BCUT2D eigenvalue weighted by Gasteiger charge is 2.54. The molecule has 3 heterocycles. The van der Waals surface area contributed by atoms with E-state index >= 15 is 0 Å². The number of aliphatic carboxylic acids is 1. The Labute approximate surface area is 286 Å². The van der Waals surface area contributed by atoms with E-state index in [4.69, 9.17) is 20.1 Å². The van der Waals surface area contributed by atoms with E-state index in [9.17, 15) is 44.4 Å². The van der Waals surface area contributed by atoms with Crippen LogP contribution in [0.15, 0.2) is 50.3 Å². The first-order valence-corrected chi connectivity index (χ1v) is 16.5. The molecule has 264 valence electrons. The topological polar surface area (TPSA) is 285 Å². The maximum Gasteiger partial charge on any atom is 0.512 e. The molecule has 4 rings (SSSR count). The van der Waals surface area contributed by atoms with Crippen LogP contribution in [0.2, 0.25) is 0 Å². The third-order valence-electron chi connectivity index (χ3n) is 7.02. The van der Waals surface area contributed by atoms with Gasteiger partial charge in [0.15, 0.2) is 16.6 Å². The number of nitrogens with zero attached hydrogens (tertiary/aromatic N) is 4. The molecule has 0 saturated carbocycles. The molecule has 0 radical (unpaired) electrons. The number of aliphatic hydroxyl groups excluding tert-OH is 2. The first-order valence-electron chi connectivity index (χ1n) is 14.5. The van der Waals surface area contributed by atoms with Gasteiger partial charge in [-0.05, 0) is 26.3 Å². The summed E-state index contributed by atoms with van der Waals surface area (Å²) < 4.78 is 4.95. The number of anilines is 1. The Morgan fingerprint density at radius 2 is 1.96 bits per heavy atom. The number of fused-ring (bicyclic) bond motifs is 1. The molecule has 8 N–H and O–H groups in total. The summed E-state index contributed by atoms with van der Waals surface area (Å²) in [5, 5.41) is 52.1. The minimum atomic E-state index is -1.82. The number of carboxylic acid groups (broad SMARTS) is 2. The average Bonchev–Trinajstić information content (AvgIpc) is 3.47. The predicted molar refractivity (Wildman–Crippen MR) is 173 cm³/mol. The van der Waals surface area contributed by atoms with Crippen LogP contribution in [0.1, 0.15) is 45.7 Å². The van der Waals surface area contributed by atoms with Gasteiger partial charge < -0.3 is 51.2 Å². The fourth-order valence-electron chi connectivity index (χ4n) is 4.28. The molecule has 1 aromatic rings. The number of carbonyl (C=O) groups excluding carboxylic acids is 3. The van der Waals surface area contributed by atoms with Crippen molar-refractivity contribution in [1.29, 1.82) is 0 Å². The summed E-state index contributed by atoms with van der Waals surface area (Å²) in [5.74, 6) is -5.07. The lowest BCUT2D eigenvalue weighted by Gasteiger charge is -2.49. The number of hydrogen-bond donors (Lipinski definition) is 7. The van der Waals surface area contributed by atoms with Crippen LogP contribution in [-0.2, 0) is 33.6 Å². The number of ether oxygens (including phenoxy) is 1. The lowest BCUT2D eigenvalue weighted by molar-refractivity contribution is -0.161. The van der Waals surface area contributed by atoms with Crippen molar-refractivity contribution in [2.45, 2.75) is 57.1 Å². The number of β-lactam (4-membered cyclic amide) rings is 1. The summed E-state index contributed by atoms with van der Waals surface area (Å²) in [6.07, 6.45) is 0.538. The van der Waals surface area contributed by atoms with Crippen molar-refractivity contribution in [3.05, 3.63) is 45.7 Å². The van der Waals surface area contributed by atoms with Crippen molar-refractivity contribution in [2.75, 3.05) is 24.6 Å². The molecule has 2 atom stereocenters. The second-order valence-corrected chi connectivity index (χ2v) is 13.0. The lowest BCUT2D eigenvalue weighted by atomic mass is 9.99. The van der Waals surface area contributed by atoms with Crippen LogP contribution in [-0.4, -0.2) is 108 Å². The minimum absolute atomic E-state index is 0.0400. The molecule has 1 unspecified atom stereocenters. The number of unbranched alkanes of at least 4 members (excludes halogenated alkanes) is 1. The Morgan fingerprint density at radius 3 is 2.59 bits per heavy atom. The van der Waals surface area contributed by atoms with Crippen molar-refractivity contribution in [2.24, 2.45) is 10.3 Å². The minimum Gasteiger partial charge on any atom is -0.508 e. The van der Waals surface area contributed by atoms with Gasteiger partial charge in [-0.3, -0.25) is 19.3 Å². The summed E-state index contributed by atoms with van der Waals surface area (Å²) in [7, 11) is 0. The van der Waals surface area contributed by atoms with Crippen LogP contribution in [0, 0.1) is 0 Å². The summed E-state index contributed by atoms with van der Waals surface area (Å²) in [6, 6.07) is -1.20. The largest absolute Gasteiger partial charge is 0.512 e. The average molecular weight is 724 g/mol. The molecule has 0 spiro atoms. The Hall–Kier alpha value is -5.31. The van der Waals surface area contributed by atoms with Gasteiger partial charge in [-0.25, -0.2) is 14.6 Å². The lowest BCUT2D eigenvalue weighted by Crippen LogP contribution is -2.70. The van der Waals surface area contributed by atoms with E-state index in [1.807, 2.05) is 6.92 Å². The number of thioether (sulfide) groups is 1. The van der Waals surface area contributed by atoms with Crippen LogP contribution in [0.25, 0.3) is 0 Å². The molecule has 1 fully saturated rings. The van der Waals surface area contributed by atoms with Crippen LogP contribution in [0.4, 0.5) is 9.93 Å². The van der Waals surface area contributed by atoms with Gasteiger partial charge in [0.25, 0.3) is 17.7 Å². The molecule has 1 aliphatic carbocycles. The van der Waals surface area contributed by atoms with Crippen molar-refractivity contribution in [3.63, 3.8) is 0 Å². The molecule has 1 aromatic heterocycles. The standard InChI is InChI=1S/C28H33N7O12S2/c1-4-5-6-45-33-14-8-17(37)16(36)7-13(14)20(38)30-9-12-10-48-24-19(22(40)35(24)23(12)46-27(43)44)32-21(39)18(15-11-49-26(29)31-15)34-47-28(2,3)25(41)42/h7,11,19,24,36-37H,4-6,8-10H2,1-3H3,(H2,29,31)(H,30,38)(H,32,39)(H,41,42)(H,43,44)/b33-14?,34-18-/t19?,24-/m0/s1. The highest BCUT2D eigenvalue weighted by Crippen LogP contribution is 2.40. The van der Waals surface area contributed by atoms with Gasteiger partial charge in [-0.15, -0.1) is 23.1 Å². The summed E-state index contributed by atoms with van der Waals surface area (Å²) in [4.78, 5) is 78.2. The van der Waals surface area contributed by atoms with Gasteiger partial charge in [-0.2, -0.15) is 0 Å². The van der Waals surface area contributed by atoms with E-state index in [0.29, 0.717) is 6.42 Å². The van der Waals surface area contributed by atoms with Gasteiger partial charge in [0.1, 0.15) is 35.2 Å². The Morgan fingerprint density at radius 1 is 1.22 bits per heavy atom. The monoisotopic (exact) mass is 723 g/mol. The maximum absolute atomic E-state index is 13.3. The molecule has 21 heteroatoms. The molecule has 3 amide bonds. The van der Waals surface area contributed by atoms with E-state index in [1.165, 1.54) is 19.2 Å². The number of oxime groups is 2.